The number of hydrogen-bond acceptors (Lipinski definition) is 4. The fourth-order valence-corrected chi connectivity index (χ4v) is 2.71. The van der Waals surface area contributed by atoms with Gasteiger partial charge in [0, 0.05) is 24.7 Å². The first-order valence-corrected chi connectivity index (χ1v) is 8.29. The average Bonchev–Trinajstić information content (AvgIpc) is 2.40. The quantitative estimate of drug-likeness (QED) is 0.941. The lowest BCUT2D eigenvalue weighted by molar-refractivity contribution is 0.601. The Morgan fingerprint density at radius 3 is 2.45 bits per heavy atom. The molecule has 20 heavy (non-hydrogen) atoms. The van der Waals surface area contributed by atoms with E-state index >= 15 is 0 Å². The van der Waals surface area contributed by atoms with Crippen molar-refractivity contribution in [1.29, 1.82) is 0 Å². The molecule has 4 nitrogen and oxygen atoms in total. The third kappa shape index (κ3) is 3.56. The van der Waals surface area contributed by atoms with E-state index in [9.17, 15) is 8.42 Å². The summed E-state index contributed by atoms with van der Waals surface area (Å²) in [5.41, 5.74) is 7.91. The molecule has 0 fully saturated rings. The third-order valence-corrected chi connectivity index (χ3v) is 4.50. The number of hydrogen-bond donors (Lipinski definition) is 1. The molecule has 0 bridgehead atoms. The fraction of sp³-hybridized carbons (Fsp3) is 0.214. The van der Waals surface area contributed by atoms with Crippen molar-refractivity contribution in [3.63, 3.8) is 0 Å². The normalized spacial score (nSPS) is 13.2. The molecule has 2 rings (SSSR count). The fourth-order valence-electron chi connectivity index (χ4n) is 1.89. The van der Waals surface area contributed by atoms with Crippen LogP contribution in [0.15, 0.2) is 47.6 Å². The minimum atomic E-state index is -3.18. The molecule has 0 aliphatic carbocycles. The van der Waals surface area contributed by atoms with Crippen molar-refractivity contribution in [2.45, 2.75) is 17.4 Å². The summed E-state index contributed by atoms with van der Waals surface area (Å²) in [4.78, 5) is 4.21. The lowest BCUT2D eigenvalue weighted by Gasteiger charge is -2.13. The number of nitrogens with two attached hydrogens (primary N) is 1. The molecule has 0 aliphatic rings. The molecule has 0 amide bonds. The van der Waals surface area contributed by atoms with E-state index in [1.54, 1.807) is 36.7 Å². The molecule has 0 radical (unpaired) electrons. The van der Waals surface area contributed by atoms with Crippen LogP contribution < -0.4 is 5.73 Å². The summed E-state index contributed by atoms with van der Waals surface area (Å²) in [7, 11) is -3.18. The highest BCUT2D eigenvalue weighted by molar-refractivity contribution is 7.90. The molecule has 1 atom stereocenters. The van der Waals surface area contributed by atoms with E-state index in [2.05, 4.69) is 4.98 Å². The monoisotopic (exact) mass is 310 g/mol. The van der Waals surface area contributed by atoms with Gasteiger partial charge in [-0.2, -0.15) is 0 Å². The van der Waals surface area contributed by atoms with Gasteiger partial charge in [-0.05, 0) is 35.7 Å². The molecule has 1 heterocycles. The maximum absolute atomic E-state index is 11.4. The second-order valence-electron chi connectivity index (χ2n) is 4.62. The van der Waals surface area contributed by atoms with E-state index in [-0.39, 0.29) is 10.9 Å². The maximum Gasteiger partial charge on any atom is 0.175 e. The largest absolute Gasteiger partial charge is 0.324 e. The van der Waals surface area contributed by atoms with Crippen molar-refractivity contribution >= 4 is 21.4 Å². The molecule has 106 valence electrons. The van der Waals surface area contributed by atoms with E-state index in [4.69, 9.17) is 17.3 Å². The zero-order valence-electron chi connectivity index (χ0n) is 11.0. The van der Waals surface area contributed by atoms with Gasteiger partial charge in [-0.15, -0.1) is 0 Å². The maximum atomic E-state index is 11.4. The van der Waals surface area contributed by atoms with Gasteiger partial charge in [0.1, 0.15) is 0 Å². The summed E-state index contributed by atoms with van der Waals surface area (Å²) in [5, 5.41) is 0.579. The van der Waals surface area contributed by atoms with E-state index in [1.807, 2.05) is 6.07 Å². The number of pyridine rings is 1. The van der Waals surface area contributed by atoms with Crippen LogP contribution >= 0.6 is 11.6 Å². The van der Waals surface area contributed by atoms with E-state index in [0.29, 0.717) is 11.4 Å². The highest BCUT2D eigenvalue weighted by Crippen LogP contribution is 2.22. The van der Waals surface area contributed by atoms with Crippen molar-refractivity contribution in [3.05, 3.63) is 58.9 Å². The molecular formula is C14H15ClN2O2S. The highest BCUT2D eigenvalue weighted by atomic mass is 35.5. The number of halogens is 1. The third-order valence-electron chi connectivity index (χ3n) is 3.03. The van der Waals surface area contributed by atoms with Crippen LogP contribution in [0, 0.1) is 0 Å². The SMILES string of the molecule is CS(=O)(=O)c1ccc(C(N)Cc2ccncc2Cl)cc1. The minimum absolute atomic E-state index is 0.247. The predicted octanol–water partition coefficient (Wildman–Crippen LogP) is 2.38. The summed E-state index contributed by atoms with van der Waals surface area (Å²) < 4.78 is 22.8. The first-order valence-electron chi connectivity index (χ1n) is 6.02. The Morgan fingerprint density at radius 1 is 1.25 bits per heavy atom. The molecule has 1 aromatic carbocycles. The lowest BCUT2D eigenvalue weighted by Crippen LogP contribution is -2.13. The zero-order chi connectivity index (χ0) is 14.8. The van der Waals surface area contributed by atoms with Crippen molar-refractivity contribution < 1.29 is 8.42 Å². The summed E-state index contributed by atoms with van der Waals surface area (Å²) in [5.74, 6) is 0. The average molecular weight is 311 g/mol. The summed E-state index contributed by atoms with van der Waals surface area (Å²) in [6.45, 7) is 0. The summed E-state index contributed by atoms with van der Waals surface area (Å²) in [6.07, 6.45) is 5.00. The molecule has 0 aliphatic heterocycles. The van der Waals surface area contributed by atoms with Gasteiger partial charge < -0.3 is 5.73 Å². The number of rotatable bonds is 4. The van der Waals surface area contributed by atoms with Crippen LogP contribution in [0.1, 0.15) is 17.2 Å². The Labute approximate surface area is 123 Å². The van der Waals surface area contributed by atoms with Gasteiger partial charge in [0.2, 0.25) is 0 Å². The Morgan fingerprint density at radius 2 is 1.90 bits per heavy atom. The van der Waals surface area contributed by atoms with Crippen molar-refractivity contribution in [3.8, 4) is 0 Å². The van der Waals surface area contributed by atoms with Crippen molar-refractivity contribution in [1.82, 2.24) is 4.98 Å². The van der Waals surface area contributed by atoms with Crippen LogP contribution in [0.3, 0.4) is 0 Å². The van der Waals surface area contributed by atoms with Crippen LogP contribution in [-0.4, -0.2) is 19.7 Å². The van der Waals surface area contributed by atoms with Gasteiger partial charge >= 0.3 is 0 Å². The summed E-state index contributed by atoms with van der Waals surface area (Å²) >= 11 is 6.04. The Bertz CT molecular complexity index is 699. The molecule has 0 saturated heterocycles. The van der Waals surface area contributed by atoms with E-state index in [0.717, 1.165) is 11.1 Å². The van der Waals surface area contributed by atoms with Gasteiger partial charge in [-0.3, -0.25) is 4.98 Å². The van der Waals surface area contributed by atoms with Crippen LogP contribution in [0.4, 0.5) is 0 Å². The molecule has 2 aromatic rings. The van der Waals surface area contributed by atoms with Gasteiger partial charge in [-0.1, -0.05) is 23.7 Å². The molecule has 6 heteroatoms. The molecule has 2 N–H and O–H groups in total. The van der Waals surface area contributed by atoms with Crippen LogP contribution in [0.25, 0.3) is 0 Å². The van der Waals surface area contributed by atoms with Crippen LogP contribution in [0.2, 0.25) is 5.02 Å². The number of nitrogens with zero attached hydrogens (tertiary/aromatic N) is 1. The van der Waals surface area contributed by atoms with Crippen LogP contribution in [-0.2, 0) is 16.3 Å². The van der Waals surface area contributed by atoms with Gasteiger partial charge in [-0.25, -0.2) is 8.42 Å². The molecule has 0 saturated carbocycles. The number of aromatic nitrogens is 1. The summed E-state index contributed by atoms with van der Waals surface area (Å²) in [6, 6.07) is 8.18. The van der Waals surface area contributed by atoms with Crippen LogP contribution in [0.5, 0.6) is 0 Å². The van der Waals surface area contributed by atoms with E-state index < -0.39 is 9.84 Å². The van der Waals surface area contributed by atoms with E-state index in [1.165, 1.54) is 6.26 Å². The highest BCUT2D eigenvalue weighted by Gasteiger charge is 2.11. The lowest BCUT2D eigenvalue weighted by atomic mass is 10.0. The second kappa shape index (κ2) is 5.91. The second-order valence-corrected chi connectivity index (χ2v) is 7.04. The molecular weight excluding hydrogens is 296 g/mol. The first-order chi connectivity index (χ1) is 9.38. The van der Waals surface area contributed by atoms with Crippen molar-refractivity contribution in [2.24, 2.45) is 5.73 Å². The molecule has 1 aromatic heterocycles. The predicted molar refractivity (Wildman–Crippen MR) is 79.4 cm³/mol. The van der Waals surface area contributed by atoms with Crippen molar-refractivity contribution in [2.75, 3.05) is 6.26 Å². The number of benzene rings is 1. The Balaban J connectivity index is 2.18. The van der Waals surface area contributed by atoms with Gasteiger partial charge in [0.15, 0.2) is 9.84 Å². The minimum Gasteiger partial charge on any atom is -0.324 e. The Kier molecular flexibility index (Phi) is 4.42. The number of sulfone groups is 1. The van der Waals surface area contributed by atoms with Gasteiger partial charge in [0.25, 0.3) is 0 Å². The standard InChI is InChI=1S/C14H15ClN2O2S/c1-20(18,19)12-4-2-10(3-5-12)14(16)8-11-6-7-17-9-13(11)15/h2-7,9,14H,8,16H2,1H3. The molecule has 1 unspecified atom stereocenters. The molecule has 0 spiro atoms. The topological polar surface area (TPSA) is 73.0 Å². The first kappa shape index (κ1) is 15.0. The smallest absolute Gasteiger partial charge is 0.175 e. The Hall–Kier alpha value is -1.43. The van der Waals surface area contributed by atoms with Gasteiger partial charge in [0.05, 0.1) is 9.92 Å². The zero-order valence-corrected chi connectivity index (χ0v) is 12.5.